The standard InChI is InChI=1S/C12H19N3O3/c1-3-13-10-5-4-6-11(12(10)15(17)18)14-7-9(2)8-16/h4-6,9,13-14,16H,3,7-8H2,1-2H3. The van der Waals surface area contributed by atoms with Gasteiger partial charge in [0.05, 0.1) is 4.92 Å². The van der Waals surface area contributed by atoms with Gasteiger partial charge in [-0.3, -0.25) is 10.1 Å². The number of nitrogens with zero attached hydrogens (tertiary/aromatic N) is 1. The minimum atomic E-state index is -0.399. The molecule has 6 nitrogen and oxygen atoms in total. The fraction of sp³-hybridized carbons (Fsp3) is 0.500. The highest BCUT2D eigenvalue weighted by atomic mass is 16.6. The van der Waals surface area contributed by atoms with Crippen LogP contribution in [0.5, 0.6) is 0 Å². The fourth-order valence-corrected chi connectivity index (χ4v) is 1.56. The van der Waals surface area contributed by atoms with Crippen molar-refractivity contribution in [1.82, 2.24) is 0 Å². The molecule has 100 valence electrons. The van der Waals surface area contributed by atoms with Gasteiger partial charge in [0.15, 0.2) is 0 Å². The number of benzene rings is 1. The lowest BCUT2D eigenvalue weighted by atomic mass is 10.1. The lowest BCUT2D eigenvalue weighted by Crippen LogP contribution is -2.15. The van der Waals surface area contributed by atoms with Crippen molar-refractivity contribution in [2.24, 2.45) is 5.92 Å². The number of rotatable bonds is 7. The van der Waals surface area contributed by atoms with E-state index in [-0.39, 0.29) is 18.2 Å². The van der Waals surface area contributed by atoms with Crippen molar-refractivity contribution in [3.05, 3.63) is 28.3 Å². The topological polar surface area (TPSA) is 87.4 Å². The van der Waals surface area contributed by atoms with Crippen molar-refractivity contribution < 1.29 is 10.0 Å². The molecule has 1 unspecified atom stereocenters. The maximum Gasteiger partial charge on any atom is 0.315 e. The van der Waals surface area contributed by atoms with Crippen LogP contribution in [0.15, 0.2) is 18.2 Å². The molecule has 18 heavy (non-hydrogen) atoms. The Hall–Kier alpha value is -1.82. The number of nitrogens with one attached hydrogen (secondary N) is 2. The number of para-hydroxylation sites is 1. The molecule has 1 atom stereocenters. The molecule has 1 aromatic carbocycles. The lowest BCUT2D eigenvalue weighted by molar-refractivity contribution is -0.383. The molecule has 1 rings (SSSR count). The molecular formula is C12H19N3O3. The largest absolute Gasteiger partial charge is 0.396 e. The van der Waals surface area contributed by atoms with Gasteiger partial charge in [0.1, 0.15) is 11.4 Å². The van der Waals surface area contributed by atoms with Gasteiger partial charge in [0, 0.05) is 19.7 Å². The van der Waals surface area contributed by atoms with E-state index in [1.54, 1.807) is 18.2 Å². The van der Waals surface area contributed by atoms with Crippen LogP contribution in [0, 0.1) is 16.0 Å². The highest BCUT2D eigenvalue weighted by molar-refractivity contribution is 5.76. The van der Waals surface area contributed by atoms with E-state index in [4.69, 9.17) is 5.11 Å². The summed E-state index contributed by atoms with van der Waals surface area (Å²) in [5.74, 6) is 0.0485. The highest BCUT2D eigenvalue weighted by Gasteiger charge is 2.19. The number of hydrogen-bond donors (Lipinski definition) is 3. The monoisotopic (exact) mass is 253 g/mol. The first kappa shape index (κ1) is 14.2. The van der Waals surface area contributed by atoms with E-state index in [0.717, 1.165) is 0 Å². The number of nitro benzene ring substituents is 1. The Morgan fingerprint density at radius 1 is 1.39 bits per heavy atom. The third-order valence-corrected chi connectivity index (χ3v) is 2.54. The minimum Gasteiger partial charge on any atom is -0.396 e. The highest BCUT2D eigenvalue weighted by Crippen LogP contribution is 2.32. The smallest absolute Gasteiger partial charge is 0.315 e. The van der Waals surface area contributed by atoms with Crippen LogP contribution in [0.2, 0.25) is 0 Å². The molecule has 0 aliphatic rings. The minimum absolute atomic E-state index is 0.0458. The van der Waals surface area contributed by atoms with E-state index >= 15 is 0 Å². The molecule has 0 aliphatic carbocycles. The second-order valence-corrected chi connectivity index (χ2v) is 4.16. The van der Waals surface area contributed by atoms with Crippen LogP contribution in [0.3, 0.4) is 0 Å². The summed E-state index contributed by atoms with van der Waals surface area (Å²) in [6.07, 6.45) is 0. The van der Waals surface area contributed by atoms with Gasteiger partial charge >= 0.3 is 5.69 Å². The van der Waals surface area contributed by atoms with Gasteiger partial charge in [-0.1, -0.05) is 13.0 Å². The molecule has 0 fully saturated rings. The molecule has 0 radical (unpaired) electrons. The summed E-state index contributed by atoms with van der Waals surface area (Å²) in [5.41, 5.74) is 1.02. The lowest BCUT2D eigenvalue weighted by Gasteiger charge is -2.13. The average Bonchev–Trinajstić information content (AvgIpc) is 2.36. The summed E-state index contributed by atoms with van der Waals surface area (Å²) in [4.78, 5) is 10.7. The molecule has 0 saturated heterocycles. The van der Waals surface area contributed by atoms with Crippen molar-refractivity contribution in [3.8, 4) is 0 Å². The molecule has 0 saturated carbocycles. The Balaban J connectivity index is 2.95. The second kappa shape index (κ2) is 6.80. The predicted molar refractivity (Wildman–Crippen MR) is 72.0 cm³/mol. The molecular weight excluding hydrogens is 234 g/mol. The van der Waals surface area contributed by atoms with Gasteiger partial charge < -0.3 is 15.7 Å². The van der Waals surface area contributed by atoms with Crippen LogP contribution < -0.4 is 10.6 Å². The molecule has 1 aromatic rings. The van der Waals surface area contributed by atoms with E-state index in [9.17, 15) is 10.1 Å². The van der Waals surface area contributed by atoms with Crippen molar-refractivity contribution in [2.75, 3.05) is 30.3 Å². The van der Waals surface area contributed by atoms with Crippen LogP contribution in [-0.4, -0.2) is 29.7 Å². The van der Waals surface area contributed by atoms with Gasteiger partial charge in [-0.15, -0.1) is 0 Å². The van der Waals surface area contributed by atoms with Gasteiger partial charge in [-0.25, -0.2) is 0 Å². The molecule has 0 amide bonds. The molecule has 0 spiro atoms. The van der Waals surface area contributed by atoms with E-state index in [2.05, 4.69) is 10.6 Å². The summed E-state index contributed by atoms with van der Waals surface area (Å²) < 4.78 is 0. The van der Waals surface area contributed by atoms with Crippen molar-refractivity contribution in [2.45, 2.75) is 13.8 Å². The summed E-state index contributed by atoms with van der Waals surface area (Å²) in [6.45, 7) is 4.92. The van der Waals surface area contributed by atoms with Crippen LogP contribution in [0.4, 0.5) is 17.1 Å². The van der Waals surface area contributed by atoms with Gasteiger partial charge in [0.25, 0.3) is 0 Å². The van der Waals surface area contributed by atoms with Crippen molar-refractivity contribution in [3.63, 3.8) is 0 Å². The Morgan fingerprint density at radius 2 is 2.00 bits per heavy atom. The Kier molecular flexibility index (Phi) is 5.38. The molecule has 0 bridgehead atoms. The maximum absolute atomic E-state index is 11.1. The van der Waals surface area contributed by atoms with E-state index < -0.39 is 4.92 Å². The maximum atomic E-state index is 11.1. The van der Waals surface area contributed by atoms with E-state index in [1.165, 1.54) is 0 Å². The van der Waals surface area contributed by atoms with Crippen LogP contribution in [-0.2, 0) is 0 Å². The van der Waals surface area contributed by atoms with Gasteiger partial charge in [-0.05, 0) is 25.0 Å². The van der Waals surface area contributed by atoms with Gasteiger partial charge in [0.2, 0.25) is 0 Å². The first-order valence-electron chi connectivity index (χ1n) is 5.96. The summed E-state index contributed by atoms with van der Waals surface area (Å²) in [7, 11) is 0. The third-order valence-electron chi connectivity index (χ3n) is 2.54. The third kappa shape index (κ3) is 3.59. The second-order valence-electron chi connectivity index (χ2n) is 4.16. The first-order valence-corrected chi connectivity index (χ1v) is 5.96. The zero-order valence-electron chi connectivity index (χ0n) is 10.6. The predicted octanol–water partition coefficient (Wildman–Crippen LogP) is 2.07. The number of anilines is 2. The van der Waals surface area contributed by atoms with E-state index in [0.29, 0.717) is 24.5 Å². The SMILES string of the molecule is CCNc1cccc(NCC(C)CO)c1[N+](=O)[O-]. The molecule has 0 aliphatic heterocycles. The van der Waals surface area contributed by atoms with Crippen LogP contribution in [0.25, 0.3) is 0 Å². The molecule has 3 N–H and O–H groups in total. The van der Waals surface area contributed by atoms with Gasteiger partial charge in [-0.2, -0.15) is 0 Å². The number of aliphatic hydroxyl groups is 1. The zero-order chi connectivity index (χ0) is 13.5. The molecule has 6 heteroatoms. The first-order chi connectivity index (χ1) is 8.60. The van der Waals surface area contributed by atoms with Crippen molar-refractivity contribution >= 4 is 17.1 Å². The summed E-state index contributed by atoms with van der Waals surface area (Å²) >= 11 is 0. The summed E-state index contributed by atoms with van der Waals surface area (Å²) in [6, 6.07) is 5.11. The quantitative estimate of drug-likeness (QED) is 0.511. The Bertz CT molecular complexity index is 410. The average molecular weight is 253 g/mol. The fourth-order valence-electron chi connectivity index (χ4n) is 1.56. The van der Waals surface area contributed by atoms with Crippen LogP contribution in [0.1, 0.15) is 13.8 Å². The molecule has 0 aromatic heterocycles. The normalized spacial score (nSPS) is 11.9. The number of hydrogen-bond acceptors (Lipinski definition) is 5. The summed E-state index contributed by atoms with van der Waals surface area (Å²) in [5, 5.41) is 26.0. The molecule has 0 heterocycles. The van der Waals surface area contributed by atoms with Crippen molar-refractivity contribution in [1.29, 1.82) is 0 Å². The van der Waals surface area contributed by atoms with Crippen LogP contribution >= 0.6 is 0 Å². The Labute approximate surface area is 106 Å². The zero-order valence-corrected chi connectivity index (χ0v) is 10.6. The number of nitro groups is 1. The van der Waals surface area contributed by atoms with E-state index in [1.807, 2.05) is 13.8 Å². The number of aliphatic hydroxyl groups excluding tert-OH is 1. The Morgan fingerprint density at radius 3 is 2.50 bits per heavy atom.